The molecule has 0 radical (unpaired) electrons. The summed E-state index contributed by atoms with van der Waals surface area (Å²) in [6.45, 7) is 4.39. The topological polar surface area (TPSA) is 12.5 Å². The van der Waals surface area contributed by atoms with Crippen LogP contribution in [0, 0.1) is 5.41 Å². The third-order valence-electron chi connectivity index (χ3n) is 4.43. The molecule has 1 aliphatic carbocycles. The van der Waals surface area contributed by atoms with Gasteiger partial charge >= 0.3 is 0 Å². The molecule has 2 nitrogen and oxygen atoms in total. The van der Waals surface area contributed by atoms with Crippen LogP contribution in [0.15, 0.2) is 0 Å². The lowest BCUT2D eigenvalue weighted by Crippen LogP contribution is -2.43. The third kappa shape index (κ3) is 2.62. The Morgan fingerprint density at radius 1 is 1.38 bits per heavy atom. The number of alkyl halides is 1. The second-order valence-electron chi connectivity index (χ2n) is 5.69. The molecule has 1 saturated heterocycles. The Bertz CT molecular complexity index is 228. The average Bonchev–Trinajstić information content (AvgIpc) is 2.87. The van der Waals surface area contributed by atoms with Gasteiger partial charge in [0.25, 0.3) is 0 Å². The average molecular weight is 290 g/mol. The Hall–Kier alpha value is 0.400. The van der Waals surface area contributed by atoms with Crippen molar-refractivity contribution in [2.24, 2.45) is 5.41 Å². The number of rotatable bonds is 4. The maximum Gasteiger partial charge on any atom is 0.0702 e. The van der Waals surface area contributed by atoms with Crippen LogP contribution in [0.5, 0.6) is 0 Å². The highest BCUT2D eigenvalue weighted by molar-refractivity contribution is 9.09. The van der Waals surface area contributed by atoms with Crippen LogP contribution in [0.4, 0.5) is 0 Å². The molecule has 0 aromatic rings. The van der Waals surface area contributed by atoms with E-state index in [1.807, 2.05) is 0 Å². The molecular weight excluding hydrogens is 266 g/mol. The van der Waals surface area contributed by atoms with Gasteiger partial charge in [0.2, 0.25) is 0 Å². The van der Waals surface area contributed by atoms with E-state index in [1.165, 1.54) is 38.6 Å². The quantitative estimate of drug-likeness (QED) is 0.738. The molecule has 0 N–H and O–H groups in total. The van der Waals surface area contributed by atoms with Crippen LogP contribution in [-0.2, 0) is 4.74 Å². The van der Waals surface area contributed by atoms with Gasteiger partial charge in [-0.05, 0) is 38.6 Å². The Balaban J connectivity index is 1.92. The summed E-state index contributed by atoms with van der Waals surface area (Å²) in [6, 6.07) is 0.636. The third-order valence-corrected chi connectivity index (χ3v) is 5.62. The molecule has 0 bridgehead atoms. The molecule has 1 aliphatic heterocycles. The summed E-state index contributed by atoms with van der Waals surface area (Å²) in [5.41, 5.74) is 0.539. The van der Waals surface area contributed by atoms with E-state index in [0.29, 0.717) is 17.6 Å². The number of nitrogens with zero attached hydrogens (tertiary/aromatic N) is 1. The van der Waals surface area contributed by atoms with E-state index < -0.39 is 0 Å². The van der Waals surface area contributed by atoms with Gasteiger partial charge in [-0.1, -0.05) is 28.8 Å². The summed E-state index contributed by atoms with van der Waals surface area (Å²) in [4.78, 5) is 2.55. The van der Waals surface area contributed by atoms with E-state index in [0.717, 1.165) is 11.9 Å². The molecule has 0 amide bonds. The van der Waals surface area contributed by atoms with Crippen LogP contribution >= 0.6 is 15.9 Å². The lowest BCUT2D eigenvalue weighted by atomic mass is 9.87. The molecule has 2 aliphatic rings. The second-order valence-corrected chi connectivity index (χ2v) is 6.25. The summed E-state index contributed by atoms with van der Waals surface area (Å²) in [5.74, 6) is 0. The minimum absolute atomic E-state index is 0.416. The normalized spacial score (nSPS) is 33.8. The van der Waals surface area contributed by atoms with Gasteiger partial charge in [0.15, 0.2) is 0 Å². The molecule has 2 atom stereocenters. The summed E-state index contributed by atoms with van der Waals surface area (Å²) in [5, 5.41) is 1.16. The first kappa shape index (κ1) is 12.8. The number of hydrogen-bond acceptors (Lipinski definition) is 2. The SMILES string of the molecule is CC1OCCC1N(C)CC1(CBr)CCCC1. The number of hydrogen-bond donors (Lipinski definition) is 0. The highest BCUT2D eigenvalue weighted by atomic mass is 79.9. The molecule has 1 saturated carbocycles. The van der Waals surface area contributed by atoms with Crippen LogP contribution in [0.3, 0.4) is 0 Å². The van der Waals surface area contributed by atoms with Crippen molar-refractivity contribution in [2.45, 2.75) is 51.2 Å². The van der Waals surface area contributed by atoms with Crippen LogP contribution in [0.2, 0.25) is 0 Å². The van der Waals surface area contributed by atoms with Crippen LogP contribution < -0.4 is 0 Å². The van der Waals surface area contributed by atoms with Gasteiger partial charge in [-0.15, -0.1) is 0 Å². The molecule has 16 heavy (non-hydrogen) atoms. The summed E-state index contributed by atoms with van der Waals surface area (Å²) in [7, 11) is 2.28. The van der Waals surface area contributed by atoms with Crippen molar-refractivity contribution in [3.63, 3.8) is 0 Å². The summed E-state index contributed by atoms with van der Waals surface area (Å²) < 4.78 is 5.66. The van der Waals surface area contributed by atoms with Crippen LogP contribution in [-0.4, -0.2) is 42.6 Å². The molecule has 2 unspecified atom stereocenters. The lowest BCUT2D eigenvalue weighted by molar-refractivity contribution is 0.0684. The van der Waals surface area contributed by atoms with Crippen LogP contribution in [0.1, 0.15) is 39.0 Å². The van der Waals surface area contributed by atoms with Gasteiger partial charge in [-0.3, -0.25) is 0 Å². The Morgan fingerprint density at radius 2 is 2.06 bits per heavy atom. The van der Waals surface area contributed by atoms with Crippen molar-refractivity contribution in [3.8, 4) is 0 Å². The predicted octanol–water partition coefficient (Wildman–Crippen LogP) is 3.05. The fraction of sp³-hybridized carbons (Fsp3) is 1.00. The zero-order valence-corrected chi connectivity index (χ0v) is 12.1. The van der Waals surface area contributed by atoms with Crippen molar-refractivity contribution in [2.75, 3.05) is 25.5 Å². The molecule has 0 aromatic carbocycles. The van der Waals surface area contributed by atoms with Gasteiger partial charge in [0, 0.05) is 24.5 Å². The minimum atomic E-state index is 0.416. The van der Waals surface area contributed by atoms with E-state index in [2.05, 4.69) is 34.8 Å². The fourth-order valence-corrected chi connectivity index (χ4v) is 4.14. The second kappa shape index (κ2) is 5.36. The highest BCUT2D eigenvalue weighted by Crippen LogP contribution is 2.40. The molecule has 0 aromatic heterocycles. The molecule has 94 valence electrons. The maximum absolute atomic E-state index is 5.66. The minimum Gasteiger partial charge on any atom is -0.377 e. The van der Waals surface area contributed by atoms with Gasteiger partial charge in [-0.2, -0.15) is 0 Å². The van der Waals surface area contributed by atoms with Gasteiger partial charge in [-0.25, -0.2) is 0 Å². The fourth-order valence-electron chi connectivity index (χ4n) is 3.40. The molecule has 2 rings (SSSR count). The van der Waals surface area contributed by atoms with Crippen molar-refractivity contribution in [1.82, 2.24) is 4.90 Å². The van der Waals surface area contributed by atoms with Crippen molar-refractivity contribution < 1.29 is 4.74 Å². The van der Waals surface area contributed by atoms with E-state index in [9.17, 15) is 0 Å². The number of likely N-dealkylation sites (N-methyl/N-ethyl adjacent to an activating group) is 1. The first-order chi connectivity index (χ1) is 7.67. The predicted molar refractivity (Wildman–Crippen MR) is 71.1 cm³/mol. The number of halogens is 1. The van der Waals surface area contributed by atoms with E-state index in [4.69, 9.17) is 4.74 Å². The van der Waals surface area contributed by atoms with E-state index >= 15 is 0 Å². The zero-order valence-electron chi connectivity index (χ0n) is 10.5. The molecular formula is C13H24BrNO. The Morgan fingerprint density at radius 3 is 2.56 bits per heavy atom. The van der Waals surface area contributed by atoms with Gasteiger partial charge < -0.3 is 9.64 Å². The monoisotopic (exact) mass is 289 g/mol. The summed E-state index contributed by atoms with van der Waals surface area (Å²) in [6.07, 6.45) is 7.23. The van der Waals surface area contributed by atoms with Gasteiger partial charge in [0.1, 0.15) is 0 Å². The first-order valence-electron chi connectivity index (χ1n) is 6.55. The zero-order chi connectivity index (χ0) is 11.6. The Labute approximate surface area is 108 Å². The smallest absolute Gasteiger partial charge is 0.0702 e. The van der Waals surface area contributed by atoms with E-state index in [-0.39, 0.29) is 0 Å². The molecule has 0 spiro atoms. The number of ether oxygens (including phenoxy) is 1. The van der Waals surface area contributed by atoms with E-state index in [1.54, 1.807) is 0 Å². The van der Waals surface area contributed by atoms with Crippen molar-refractivity contribution in [3.05, 3.63) is 0 Å². The van der Waals surface area contributed by atoms with Crippen molar-refractivity contribution in [1.29, 1.82) is 0 Å². The van der Waals surface area contributed by atoms with Crippen LogP contribution in [0.25, 0.3) is 0 Å². The largest absolute Gasteiger partial charge is 0.377 e. The lowest BCUT2D eigenvalue weighted by Gasteiger charge is -2.36. The molecule has 1 heterocycles. The maximum atomic E-state index is 5.66. The first-order valence-corrected chi connectivity index (χ1v) is 7.67. The molecule has 2 fully saturated rings. The van der Waals surface area contributed by atoms with Crippen molar-refractivity contribution >= 4 is 15.9 Å². The summed E-state index contributed by atoms with van der Waals surface area (Å²) >= 11 is 3.73. The van der Waals surface area contributed by atoms with Gasteiger partial charge in [0.05, 0.1) is 6.10 Å². The Kier molecular flexibility index (Phi) is 4.31. The highest BCUT2D eigenvalue weighted by Gasteiger charge is 2.37. The standard InChI is InChI=1S/C13H24BrNO/c1-11-12(5-8-16-11)15(2)10-13(9-14)6-3-4-7-13/h11-12H,3-10H2,1-2H3. The molecule has 3 heteroatoms.